The van der Waals surface area contributed by atoms with Crippen molar-refractivity contribution in [1.29, 1.82) is 0 Å². The zero-order valence-corrected chi connectivity index (χ0v) is 16.4. The third-order valence-electron chi connectivity index (χ3n) is 4.64. The molecule has 1 fully saturated rings. The first-order valence-corrected chi connectivity index (χ1v) is 10.0. The fourth-order valence-corrected chi connectivity index (χ4v) is 3.91. The van der Waals surface area contributed by atoms with E-state index in [1.54, 1.807) is 17.0 Å². The van der Waals surface area contributed by atoms with Crippen molar-refractivity contribution in [3.8, 4) is 0 Å². The molecule has 1 aliphatic heterocycles. The molecule has 1 heterocycles. The number of anilines is 1. The number of nitrogens with one attached hydrogen (secondary N) is 1. The predicted octanol–water partition coefficient (Wildman–Crippen LogP) is 3.27. The molecule has 0 aliphatic carbocycles. The maximum atomic E-state index is 12.8. The Labute approximate surface area is 167 Å². The topological polar surface area (TPSA) is 86.7 Å². The second-order valence-corrected chi connectivity index (χ2v) is 7.79. The number of rotatable bonds is 6. The highest BCUT2D eigenvalue weighted by Crippen LogP contribution is 2.26. The Morgan fingerprint density at radius 3 is 2.54 bits per heavy atom. The van der Waals surface area contributed by atoms with E-state index < -0.39 is 11.9 Å². The molecule has 1 unspecified atom stereocenters. The van der Waals surface area contributed by atoms with E-state index in [2.05, 4.69) is 5.32 Å². The number of aliphatic carboxylic acids is 1. The molecule has 28 heavy (non-hydrogen) atoms. The SMILES string of the molecule is Cc1ccc(NC(=O)CSc2ccccc2C(=O)N2CCC(C(=O)O)C2)cc1. The van der Waals surface area contributed by atoms with Crippen LogP contribution >= 0.6 is 11.8 Å². The Bertz CT molecular complexity index is 882. The van der Waals surface area contributed by atoms with Gasteiger partial charge in [0.1, 0.15) is 0 Å². The molecule has 0 saturated carbocycles. The number of benzene rings is 2. The highest BCUT2D eigenvalue weighted by Gasteiger charge is 2.32. The summed E-state index contributed by atoms with van der Waals surface area (Å²) < 4.78 is 0. The molecule has 0 bridgehead atoms. The zero-order valence-electron chi connectivity index (χ0n) is 15.6. The third-order valence-corrected chi connectivity index (χ3v) is 5.71. The maximum absolute atomic E-state index is 12.8. The lowest BCUT2D eigenvalue weighted by atomic mass is 10.1. The Hall–Kier alpha value is -2.80. The normalized spacial score (nSPS) is 16.0. The van der Waals surface area contributed by atoms with Crippen LogP contribution in [0.3, 0.4) is 0 Å². The van der Waals surface area contributed by atoms with Crippen molar-refractivity contribution in [3.05, 3.63) is 59.7 Å². The van der Waals surface area contributed by atoms with Gasteiger partial charge in [-0.05, 0) is 37.6 Å². The van der Waals surface area contributed by atoms with Gasteiger partial charge >= 0.3 is 5.97 Å². The number of carboxylic acid groups (broad SMARTS) is 1. The smallest absolute Gasteiger partial charge is 0.308 e. The molecule has 1 aliphatic rings. The minimum Gasteiger partial charge on any atom is -0.481 e. The highest BCUT2D eigenvalue weighted by atomic mass is 32.2. The average Bonchev–Trinajstić information content (AvgIpc) is 3.18. The molecule has 6 nitrogen and oxygen atoms in total. The highest BCUT2D eigenvalue weighted by molar-refractivity contribution is 8.00. The summed E-state index contributed by atoms with van der Waals surface area (Å²) in [6, 6.07) is 14.7. The summed E-state index contributed by atoms with van der Waals surface area (Å²) in [4.78, 5) is 38.5. The molecule has 2 N–H and O–H groups in total. The minimum absolute atomic E-state index is 0.150. The maximum Gasteiger partial charge on any atom is 0.308 e. The van der Waals surface area contributed by atoms with Crippen LogP contribution in [0.2, 0.25) is 0 Å². The molecular weight excluding hydrogens is 376 g/mol. The second kappa shape index (κ2) is 8.93. The minimum atomic E-state index is -0.870. The van der Waals surface area contributed by atoms with E-state index in [1.165, 1.54) is 11.8 Å². The number of likely N-dealkylation sites (tertiary alicyclic amines) is 1. The number of nitrogens with zero attached hydrogens (tertiary/aromatic N) is 1. The van der Waals surface area contributed by atoms with Crippen LogP contribution in [0, 0.1) is 12.8 Å². The number of hydrogen-bond donors (Lipinski definition) is 2. The van der Waals surface area contributed by atoms with E-state index in [9.17, 15) is 14.4 Å². The van der Waals surface area contributed by atoms with Gasteiger partial charge in [0.2, 0.25) is 5.91 Å². The Balaban J connectivity index is 1.62. The summed E-state index contributed by atoms with van der Waals surface area (Å²) in [6.45, 7) is 2.64. The lowest BCUT2D eigenvalue weighted by molar-refractivity contribution is -0.141. The van der Waals surface area contributed by atoms with Gasteiger partial charge in [-0.15, -0.1) is 11.8 Å². The van der Waals surface area contributed by atoms with Gasteiger partial charge in [-0.1, -0.05) is 29.8 Å². The van der Waals surface area contributed by atoms with Crippen molar-refractivity contribution in [3.63, 3.8) is 0 Å². The molecule has 2 aromatic rings. The van der Waals surface area contributed by atoms with Gasteiger partial charge in [-0.25, -0.2) is 0 Å². The monoisotopic (exact) mass is 398 g/mol. The van der Waals surface area contributed by atoms with Gasteiger partial charge in [0, 0.05) is 23.7 Å². The lowest BCUT2D eigenvalue weighted by Gasteiger charge is -2.18. The number of hydrogen-bond acceptors (Lipinski definition) is 4. The fraction of sp³-hybridized carbons (Fsp3) is 0.286. The van der Waals surface area contributed by atoms with Crippen LogP contribution < -0.4 is 5.32 Å². The van der Waals surface area contributed by atoms with E-state index in [0.717, 1.165) is 11.3 Å². The van der Waals surface area contributed by atoms with E-state index in [-0.39, 0.29) is 24.1 Å². The molecule has 146 valence electrons. The lowest BCUT2D eigenvalue weighted by Crippen LogP contribution is -2.30. The van der Waals surface area contributed by atoms with Gasteiger partial charge in [-0.2, -0.15) is 0 Å². The molecule has 0 aromatic heterocycles. The first kappa shape index (κ1) is 19.9. The molecule has 1 atom stereocenters. The van der Waals surface area contributed by atoms with Crippen LogP contribution in [0.1, 0.15) is 22.3 Å². The largest absolute Gasteiger partial charge is 0.481 e. The Kier molecular flexibility index (Phi) is 6.36. The summed E-state index contributed by atoms with van der Waals surface area (Å²) in [5, 5.41) is 12.0. The van der Waals surface area contributed by atoms with Crippen LogP contribution in [-0.2, 0) is 9.59 Å². The van der Waals surface area contributed by atoms with Crippen molar-refractivity contribution < 1.29 is 19.5 Å². The molecular formula is C21H22N2O4S. The number of carbonyl (C=O) groups is 3. The first-order valence-electron chi connectivity index (χ1n) is 9.04. The standard InChI is InChI=1S/C21H22N2O4S/c1-14-6-8-16(9-7-14)22-19(24)13-28-18-5-3-2-4-17(18)20(25)23-11-10-15(12-23)21(26)27/h2-9,15H,10-13H2,1H3,(H,22,24)(H,26,27). The molecule has 3 rings (SSSR count). The van der Waals surface area contributed by atoms with Gasteiger partial charge < -0.3 is 15.3 Å². The van der Waals surface area contributed by atoms with Crippen molar-refractivity contribution in [2.45, 2.75) is 18.2 Å². The fourth-order valence-electron chi connectivity index (χ4n) is 3.06. The van der Waals surface area contributed by atoms with E-state index >= 15 is 0 Å². The molecule has 2 amide bonds. The first-order chi connectivity index (χ1) is 13.4. The molecule has 1 saturated heterocycles. The van der Waals surface area contributed by atoms with E-state index in [4.69, 9.17) is 5.11 Å². The number of amides is 2. The predicted molar refractivity (Wildman–Crippen MR) is 109 cm³/mol. The summed E-state index contributed by atoms with van der Waals surface area (Å²) >= 11 is 1.30. The van der Waals surface area contributed by atoms with E-state index in [1.807, 2.05) is 43.3 Å². The molecule has 2 aromatic carbocycles. The summed E-state index contributed by atoms with van der Waals surface area (Å²) in [6.07, 6.45) is 0.468. The van der Waals surface area contributed by atoms with Crippen molar-refractivity contribution >= 4 is 35.2 Å². The van der Waals surface area contributed by atoms with Crippen LogP contribution in [0.5, 0.6) is 0 Å². The van der Waals surface area contributed by atoms with Crippen LogP contribution in [0.25, 0.3) is 0 Å². The second-order valence-electron chi connectivity index (χ2n) is 6.77. The van der Waals surface area contributed by atoms with Crippen LogP contribution in [0.15, 0.2) is 53.4 Å². The van der Waals surface area contributed by atoms with Gasteiger partial charge in [-0.3, -0.25) is 14.4 Å². The molecule has 0 spiro atoms. The van der Waals surface area contributed by atoms with Crippen molar-refractivity contribution in [2.75, 3.05) is 24.2 Å². The number of thioether (sulfide) groups is 1. The van der Waals surface area contributed by atoms with Crippen molar-refractivity contribution in [1.82, 2.24) is 4.90 Å². The van der Waals surface area contributed by atoms with Crippen LogP contribution in [0.4, 0.5) is 5.69 Å². The van der Waals surface area contributed by atoms with Gasteiger partial charge in [0.25, 0.3) is 5.91 Å². The summed E-state index contributed by atoms with van der Waals surface area (Å²) in [7, 11) is 0. The zero-order chi connectivity index (χ0) is 20.1. The van der Waals surface area contributed by atoms with E-state index in [0.29, 0.717) is 23.4 Å². The Morgan fingerprint density at radius 2 is 1.86 bits per heavy atom. The number of carbonyl (C=O) groups excluding carboxylic acids is 2. The summed E-state index contributed by atoms with van der Waals surface area (Å²) in [5.74, 6) is -1.54. The van der Waals surface area contributed by atoms with Crippen LogP contribution in [-0.4, -0.2) is 46.6 Å². The van der Waals surface area contributed by atoms with Gasteiger partial charge in [0.05, 0.1) is 17.2 Å². The third kappa shape index (κ3) is 4.92. The van der Waals surface area contributed by atoms with Crippen molar-refractivity contribution in [2.24, 2.45) is 5.92 Å². The quantitative estimate of drug-likeness (QED) is 0.730. The number of aryl methyl sites for hydroxylation is 1. The number of carboxylic acids is 1. The Morgan fingerprint density at radius 1 is 1.14 bits per heavy atom. The average molecular weight is 398 g/mol. The molecule has 7 heteroatoms. The van der Waals surface area contributed by atoms with Gasteiger partial charge in [0.15, 0.2) is 0 Å². The molecule has 0 radical (unpaired) electrons. The summed E-state index contributed by atoms with van der Waals surface area (Å²) in [5.41, 5.74) is 2.35.